The summed E-state index contributed by atoms with van der Waals surface area (Å²) >= 11 is 0. The minimum atomic E-state index is -0.337. The zero-order valence-corrected chi connectivity index (χ0v) is 19.7. The molecule has 0 unspecified atom stereocenters. The van der Waals surface area contributed by atoms with E-state index in [2.05, 4.69) is 45.1 Å². The van der Waals surface area contributed by atoms with Gasteiger partial charge in [0, 0.05) is 36.2 Å². The first-order chi connectivity index (χ1) is 16.5. The number of urea groups is 1. The number of fused-ring (bicyclic) bond motifs is 1. The molecule has 5 rings (SSSR count). The summed E-state index contributed by atoms with van der Waals surface area (Å²) in [5.74, 6) is -0.0884. The molecule has 3 aromatic rings. The average Bonchev–Trinajstić information content (AvgIpc) is 3.65. The molecule has 6 heteroatoms. The Kier molecular flexibility index (Phi) is 5.97. The molecular weight excluding hydrogens is 424 g/mol. The van der Waals surface area contributed by atoms with Crippen LogP contribution in [-0.4, -0.2) is 24.5 Å². The van der Waals surface area contributed by atoms with E-state index in [4.69, 9.17) is 0 Å². The normalized spacial score (nSPS) is 14.8. The van der Waals surface area contributed by atoms with Gasteiger partial charge in [-0.15, -0.1) is 0 Å². The van der Waals surface area contributed by atoms with Gasteiger partial charge in [-0.25, -0.2) is 4.79 Å². The van der Waals surface area contributed by atoms with Crippen molar-refractivity contribution in [3.63, 3.8) is 0 Å². The maximum Gasteiger partial charge on any atom is 0.323 e. The summed E-state index contributed by atoms with van der Waals surface area (Å²) in [4.78, 5) is 28.0. The van der Waals surface area contributed by atoms with Gasteiger partial charge >= 0.3 is 6.03 Å². The van der Waals surface area contributed by atoms with Gasteiger partial charge in [-0.1, -0.05) is 30.3 Å². The van der Waals surface area contributed by atoms with Crippen molar-refractivity contribution in [3.05, 3.63) is 88.5 Å². The van der Waals surface area contributed by atoms with Crippen LogP contribution in [-0.2, 0) is 13.0 Å². The monoisotopic (exact) mass is 454 g/mol. The highest BCUT2D eigenvalue weighted by Crippen LogP contribution is 2.30. The molecule has 34 heavy (non-hydrogen) atoms. The van der Waals surface area contributed by atoms with Crippen molar-refractivity contribution in [1.82, 2.24) is 5.32 Å². The Morgan fingerprint density at radius 1 is 0.853 bits per heavy atom. The number of hydrogen-bond acceptors (Lipinski definition) is 3. The molecule has 3 amide bonds. The Morgan fingerprint density at radius 3 is 2.29 bits per heavy atom. The molecule has 0 bridgehead atoms. The molecule has 3 aromatic carbocycles. The number of hydrogen-bond donors (Lipinski definition) is 3. The van der Waals surface area contributed by atoms with Crippen LogP contribution in [0.3, 0.4) is 0 Å². The smallest absolute Gasteiger partial charge is 0.323 e. The maximum absolute atomic E-state index is 13.1. The van der Waals surface area contributed by atoms with Crippen molar-refractivity contribution in [2.75, 3.05) is 22.1 Å². The largest absolute Gasteiger partial charge is 0.366 e. The first-order valence-electron chi connectivity index (χ1n) is 11.9. The molecule has 174 valence electrons. The lowest BCUT2D eigenvalue weighted by atomic mass is 9.98. The van der Waals surface area contributed by atoms with E-state index in [0.717, 1.165) is 49.3 Å². The van der Waals surface area contributed by atoms with Crippen LogP contribution >= 0.6 is 0 Å². The lowest BCUT2D eigenvalue weighted by Gasteiger charge is -2.32. The summed E-state index contributed by atoms with van der Waals surface area (Å²) in [5.41, 5.74) is 7.75. The minimum absolute atomic E-state index is 0.0884. The van der Waals surface area contributed by atoms with E-state index in [1.165, 1.54) is 16.7 Å². The Morgan fingerprint density at radius 2 is 1.56 bits per heavy atom. The van der Waals surface area contributed by atoms with Crippen LogP contribution in [0.15, 0.2) is 60.7 Å². The second-order valence-electron chi connectivity index (χ2n) is 9.30. The highest BCUT2D eigenvalue weighted by atomic mass is 16.2. The fourth-order valence-corrected chi connectivity index (χ4v) is 4.38. The third-order valence-electron chi connectivity index (χ3n) is 6.65. The summed E-state index contributed by atoms with van der Waals surface area (Å²) in [7, 11) is 0. The number of carbonyl (C=O) groups excluding carboxylic acids is 2. The van der Waals surface area contributed by atoms with Crippen LogP contribution < -0.4 is 20.9 Å². The lowest BCUT2D eigenvalue weighted by Crippen LogP contribution is -2.33. The number of nitrogens with zero attached hydrogens (tertiary/aromatic N) is 1. The van der Waals surface area contributed by atoms with Crippen LogP contribution in [0.2, 0.25) is 0 Å². The van der Waals surface area contributed by atoms with Gasteiger partial charge in [-0.2, -0.15) is 0 Å². The summed E-state index contributed by atoms with van der Waals surface area (Å²) < 4.78 is 0. The molecule has 0 atom stereocenters. The summed E-state index contributed by atoms with van der Waals surface area (Å²) in [6.45, 7) is 5.66. The van der Waals surface area contributed by atoms with Crippen molar-refractivity contribution in [1.29, 1.82) is 0 Å². The van der Waals surface area contributed by atoms with Crippen LogP contribution in [0, 0.1) is 13.8 Å². The molecule has 1 saturated carbocycles. The van der Waals surface area contributed by atoms with Crippen LogP contribution in [0.4, 0.5) is 21.9 Å². The van der Waals surface area contributed by atoms with E-state index >= 15 is 0 Å². The fraction of sp³-hybridized carbons (Fsp3) is 0.286. The number of nitrogens with one attached hydrogen (secondary N) is 3. The van der Waals surface area contributed by atoms with E-state index in [-0.39, 0.29) is 18.0 Å². The van der Waals surface area contributed by atoms with Crippen molar-refractivity contribution in [3.8, 4) is 0 Å². The van der Waals surface area contributed by atoms with Gasteiger partial charge in [0.15, 0.2) is 0 Å². The molecular formula is C28H30N4O2. The van der Waals surface area contributed by atoms with Gasteiger partial charge in [0.1, 0.15) is 0 Å². The Balaban J connectivity index is 1.37. The molecule has 3 N–H and O–H groups in total. The lowest BCUT2D eigenvalue weighted by molar-refractivity contribution is 0.0951. The van der Waals surface area contributed by atoms with E-state index in [0.29, 0.717) is 11.3 Å². The first kappa shape index (κ1) is 22.0. The number of benzene rings is 3. The third-order valence-corrected chi connectivity index (χ3v) is 6.65. The van der Waals surface area contributed by atoms with Crippen LogP contribution in [0.25, 0.3) is 0 Å². The number of carbonyl (C=O) groups is 2. The van der Waals surface area contributed by atoms with E-state index < -0.39 is 0 Å². The quantitative estimate of drug-likeness (QED) is 0.483. The summed E-state index contributed by atoms with van der Waals surface area (Å²) in [5, 5.41) is 8.87. The topological polar surface area (TPSA) is 73.5 Å². The SMILES string of the molecule is Cc1ccc(NC(=O)Nc2ccc(N3CCc4ccccc4C3)c(C(=O)NC3CC3)c2)cc1C. The van der Waals surface area contributed by atoms with Crippen LogP contribution in [0.5, 0.6) is 0 Å². The Hall–Kier alpha value is -3.80. The van der Waals surface area contributed by atoms with Crippen molar-refractivity contribution in [2.24, 2.45) is 0 Å². The van der Waals surface area contributed by atoms with Crippen LogP contribution in [0.1, 0.15) is 45.5 Å². The standard InChI is InChI=1S/C28H30N4O2/c1-18-7-8-23(15-19(18)2)30-28(34)31-24-11-12-26(25(16-24)27(33)29-22-9-10-22)32-14-13-20-5-3-4-6-21(20)17-32/h3-8,11-12,15-16,22H,9-10,13-14,17H2,1-2H3,(H,29,33)(H2,30,31,34). The van der Waals surface area contributed by atoms with Gasteiger partial charge in [-0.3, -0.25) is 4.79 Å². The fourth-order valence-electron chi connectivity index (χ4n) is 4.38. The molecule has 0 saturated heterocycles. The van der Waals surface area contributed by atoms with Crippen molar-refractivity contribution in [2.45, 2.75) is 45.7 Å². The van der Waals surface area contributed by atoms with Crippen molar-refractivity contribution < 1.29 is 9.59 Å². The van der Waals surface area contributed by atoms with E-state index in [1.54, 1.807) is 6.07 Å². The molecule has 1 heterocycles. The summed E-state index contributed by atoms with van der Waals surface area (Å²) in [6.07, 6.45) is 2.99. The molecule has 1 aliphatic carbocycles. The van der Waals surface area contributed by atoms with Gasteiger partial charge in [-0.05, 0) is 85.7 Å². The molecule has 2 aliphatic rings. The second-order valence-corrected chi connectivity index (χ2v) is 9.30. The molecule has 0 radical (unpaired) electrons. The molecule has 0 aromatic heterocycles. The van der Waals surface area contributed by atoms with E-state index in [1.807, 2.05) is 44.2 Å². The number of rotatable bonds is 5. The van der Waals surface area contributed by atoms with Crippen molar-refractivity contribution >= 4 is 29.0 Å². The predicted molar refractivity (Wildman–Crippen MR) is 137 cm³/mol. The average molecular weight is 455 g/mol. The highest BCUT2D eigenvalue weighted by Gasteiger charge is 2.27. The number of amides is 3. The molecule has 1 aliphatic heterocycles. The summed E-state index contributed by atoms with van der Waals surface area (Å²) in [6, 6.07) is 19.8. The predicted octanol–water partition coefficient (Wildman–Crippen LogP) is 5.40. The Bertz CT molecular complexity index is 1250. The van der Waals surface area contributed by atoms with Gasteiger partial charge in [0.05, 0.1) is 5.56 Å². The van der Waals surface area contributed by atoms with Gasteiger partial charge in [0.2, 0.25) is 0 Å². The second kappa shape index (κ2) is 9.21. The van der Waals surface area contributed by atoms with Gasteiger partial charge in [0.25, 0.3) is 5.91 Å². The molecule has 6 nitrogen and oxygen atoms in total. The highest BCUT2D eigenvalue weighted by molar-refractivity contribution is 6.04. The number of aryl methyl sites for hydroxylation is 2. The Labute approximate surface area is 200 Å². The zero-order valence-electron chi connectivity index (χ0n) is 19.7. The third kappa shape index (κ3) is 4.91. The molecule has 0 spiro atoms. The van der Waals surface area contributed by atoms with Gasteiger partial charge < -0.3 is 20.9 Å². The molecule has 1 fully saturated rings. The van der Waals surface area contributed by atoms with E-state index in [9.17, 15) is 9.59 Å². The minimum Gasteiger partial charge on any atom is -0.366 e. The zero-order chi connectivity index (χ0) is 23.7. The number of anilines is 3. The first-order valence-corrected chi connectivity index (χ1v) is 11.9. The maximum atomic E-state index is 13.1.